The highest BCUT2D eigenvalue weighted by Crippen LogP contribution is 2.33. The van der Waals surface area contributed by atoms with Crippen molar-refractivity contribution >= 4 is 21.6 Å². The lowest BCUT2D eigenvalue weighted by Crippen LogP contribution is -2.07. The standard InChI is InChI=1S/C15H13BrF3NO/c1-9-5-6-11(15(17,18)19)7-13(9)20-8-10-3-2-4-12(16)14(10)21/h2-7,20-21H,8H2,1H3. The van der Waals surface area contributed by atoms with Gasteiger partial charge in [0.1, 0.15) is 5.75 Å². The van der Waals surface area contributed by atoms with Gasteiger partial charge in [-0.25, -0.2) is 0 Å². The molecule has 2 rings (SSSR count). The predicted octanol–water partition coefficient (Wildman–Crippen LogP) is 5.09. The van der Waals surface area contributed by atoms with Gasteiger partial charge in [0.25, 0.3) is 0 Å². The van der Waals surface area contributed by atoms with E-state index in [1.807, 2.05) is 0 Å². The predicted molar refractivity (Wildman–Crippen MR) is 79.3 cm³/mol. The highest BCUT2D eigenvalue weighted by atomic mass is 79.9. The Morgan fingerprint density at radius 3 is 2.57 bits per heavy atom. The second-order valence-electron chi connectivity index (χ2n) is 4.63. The molecule has 0 aliphatic carbocycles. The van der Waals surface area contributed by atoms with Gasteiger partial charge in [-0.3, -0.25) is 0 Å². The van der Waals surface area contributed by atoms with Gasteiger partial charge in [0.2, 0.25) is 0 Å². The summed E-state index contributed by atoms with van der Waals surface area (Å²) in [5.74, 6) is 0.0784. The van der Waals surface area contributed by atoms with E-state index in [0.717, 1.165) is 12.1 Å². The van der Waals surface area contributed by atoms with Crippen molar-refractivity contribution in [3.05, 3.63) is 57.6 Å². The number of anilines is 1. The van der Waals surface area contributed by atoms with Crippen LogP contribution in [0.5, 0.6) is 5.75 Å². The molecule has 0 saturated carbocycles. The van der Waals surface area contributed by atoms with Crippen LogP contribution < -0.4 is 5.32 Å². The molecule has 0 amide bonds. The number of phenols is 1. The number of benzene rings is 2. The third-order valence-corrected chi connectivity index (χ3v) is 3.74. The van der Waals surface area contributed by atoms with Crippen molar-refractivity contribution in [2.75, 3.05) is 5.32 Å². The minimum absolute atomic E-state index is 0.0784. The molecule has 2 N–H and O–H groups in total. The van der Waals surface area contributed by atoms with Gasteiger partial charge in [-0.05, 0) is 46.6 Å². The first-order chi connectivity index (χ1) is 9.79. The summed E-state index contributed by atoms with van der Waals surface area (Å²) >= 11 is 3.20. The van der Waals surface area contributed by atoms with Gasteiger partial charge in [-0.2, -0.15) is 13.2 Å². The van der Waals surface area contributed by atoms with E-state index in [4.69, 9.17) is 0 Å². The average Bonchev–Trinajstić information content (AvgIpc) is 2.40. The fraction of sp³-hybridized carbons (Fsp3) is 0.200. The summed E-state index contributed by atoms with van der Waals surface area (Å²) < 4.78 is 38.7. The number of aryl methyl sites for hydroxylation is 1. The van der Waals surface area contributed by atoms with Crippen molar-refractivity contribution in [1.82, 2.24) is 0 Å². The van der Waals surface area contributed by atoms with Crippen LogP contribution in [0.15, 0.2) is 40.9 Å². The Morgan fingerprint density at radius 1 is 1.19 bits per heavy atom. The van der Waals surface area contributed by atoms with E-state index < -0.39 is 11.7 Å². The third kappa shape index (κ3) is 3.69. The van der Waals surface area contributed by atoms with E-state index in [0.29, 0.717) is 21.3 Å². The Bertz CT molecular complexity index is 656. The van der Waals surface area contributed by atoms with Crippen LogP contribution in [0, 0.1) is 6.92 Å². The van der Waals surface area contributed by atoms with E-state index in [1.54, 1.807) is 25.1 Å². The van der Waals surface area contributed by atoms with Crippen LogP contribution >= 0.6 is 15.9 Å². The van der Waals surface area contributed by atoms with Crippen LogP contribution in [0.25, 0.3) is 0 Å². The Balaban J connectivity index is 2.22. The molecule has 2 aromatic rings. The van der Waals surface area contributed by atoms with E-state index >= 15 is 0 Å². The summed E-state index contributed by atoms with van der Waals surface area (Å²) in [6.07, 6.45) is -4.37. The summed E-state index contributed by atoms with van der Waals surface area (Å²) in [5.41, 5.74) is 0.997. The van der Waals surface area contributed by atoms with Crippen molar-refractivity contribution in [2.45, 2.75) is 19.6 Å². The summed E-state index contributed by atoms with van der Waals surface area (Å²) in [7, 11) is 0. The van der Waals surface area contributed by atoms with E-state index in [9.17, 15) is 18.3 Å². The molecule has 112 valence electrons. The first-order valence-corrected chi connectivity index (χ1v) is 6.96. The number of aromatic hydroxyl groups is 1. The molecule has 0 fully saturated rings. The normalized spacial score (nSPS) is 11.5. The lowest BCUT2D eigenvalue weighted by atomic mass is 10.1. The molecule has 2 nitrogen and oxygen atoms in total. The van der Waals surface area contributed by atoms with E-state index in [1.165, 1.54) is 6.07 Å². The Hall–Kier alpha value is -1.69. The molecule has 0 aliphatic rings. The maximum Gasteiger partial charge on any atom is 0.416 e. The highest BCUT2D eigenvalue weighted by Gasteiger charge is 2.30. The molecule has 0 bridgehead atoms. The first kappa shape index (κ1) is 15.7. The number of hydrogen-bond donors (Lipinski definition) is 2. The number of hydrogen-bond acceptors (Lipinski definition) is 2. The van der Waals surface area contributed by atoms with Crippen molar-refractivity contribution in [3.8, 4) is 5.75 Å². The molecular formula is C15H13BrF3NO. The molecule has 0 atom stereocenters. The quantitative estimate of drug-likeness (QED) is 0.799. The second-order valence-corrected chi connectivity index (χ2v) is 5.48. The van der Waals surface area contributed by atoms with Crippen molar-refractivity contribution < 1.29 is 18.3 Å². The summed E-state index contributed by atoms with van der Waals surface area (Å²) in [6.45, 7) is 1.96. The SMILES string of the molecule is Cc1ccc(C(F)(F)F)cc1NCc1cccc(Br)c1O. The molecule has 0 radical (unpaired) electrons. The Kier molecular flexibility index (Phi) is 4.46. The maximum absolute atomic E-state index is 12.7. The minimum atomic E-state index is -4.37. The number of phenolic OH excluding ortho intramolecular Hbond substituents is 1. The van der Waals surface area contributed by atoms with Crippen molar-refractivity contribution in [2.24, 2.45) is 0 Å². The van der Waals surface area contributed by atoms with Gasteiger partial charge < -0.3 is 10.4 Å². The molecule has 2 aromatic carbocycles. The number of nitrogens with one attached hydrogen (secondary N) is 1. The molecule has 0 aliphatic heterocycles. The number of rotatable bonds is 3. The summed E-state index contributed by atoms with van der Waals surface area (Å²) in [4.78, 5) is 0. The molecule has 6 heteroatoms. The Labute approximate surface area is 128 Å². The van der Waals surface area contributed by atoms with E-state index in [-0.39, 0.29) is 12.3 Å². The maximum atomic E-state index is 12.7. The molecule has 21 heavy (non-hydrogen) atoms. The zero-order valence-electron chi connectivity index (χ0n) is 11.1. The fourth-order valence-electron chi connectivity index (χ4n) is 1.88. The lowest BCUT2D eigenvalue weighted by molar-refractivity contribution is -0.137. The fourth-order valence-corrected chi connectivity index (χ4v) is 2.29. The molecule has 0 saturated heterocycles. The van der Waals surface area contributed by atoms with Crippen molar-refractivity contribution in [3.63, 3.8) is 0 Å². The monoisotopic (exact) mass is 359 g/mol. The van der Waals surface area contributed by atoms with E-state index in [2.05, 4.69) is 21.2 Å². The van der Waals surface area contributed by atoms with Crippen LogP contribution in [0.4, 0.5) is 18.9 Å². The molecule has 0 unspecified atom stereocenters. The van der Waals surface area contributed by atoms with Gasteiger partial charge in [-0.1, -0.05) is 18.2 Å². The van der Waals surface area contributed by atoms with Gasteiger partial charge >= 0.3 is 6.18 Å². The van der Waals surface area contributed by atoms with Crippen LogP contribution in [-0.2, 0) is 12.7 Å². The minimum Gasteiger partial charge on any atom is -0.506 e. The molecular weight excluding hydrogens is 347 g/mol. The van der Waals surface area contributed by atoms with Gasteiger partial charge in [0, 0.05) is 17.8 Å². The van der Waals surface area contributed by atoms with Gasteiger partial charge in [0.15, 0.2) is 0 Å². The molecule has 0 heterocycles. The van der Waals surface area contributed by atoms with Crippen LogP contribution in [0.3, 0.4) is 0 Å². The van der Waals surface area contributed by atoms with Gasteiger partial charge in [0.05, 0.1) is 10.0 Å². The lowest BCUT2D eigenvalue weighted by Gasteiger charge is -2.14. The van der Waals surface area contributed by atoms with Gasteiger partial charge in [-0.15, -0.1) is 0 Å². The number of alkyl halides is 3. The zero-order chi connectivity index (χ0) is 15.6. The van der Waals surface area contributed by atoms with Crippen LogP contribution in [0.1, 0.15) is 16.7 Å². The van der Waals surface area contributed by atoms with Crippen LogP contribution in [0.2, 0.25) is 0 Å². The summed E-state index contributed by atoms with van der Waals surface area (Å²) in [5, 5.41) is 12.8. The second kappa shape index (κ2) is 5.97. The van der Waals surface area contributed by atoms with Crippen molar-refractivity contribution in [1.29, 1.82) is 0 Å². The average molecular weight is 360 g/mol. The third-order valence-electron chi connectivity index (χ3n) is 3.10. The smallest absolute Gasteiger partial charge is 0.416 e. The highest BCUT2D eigenvalue weighted by molar-refractivity contribution is 9.10. The number of halogens is 4. The largest absolute Gasteiger partial charge is 0.506 e. The topological polar surface area (TPSA) is 32.3 Å². The summed E-state index contributed by atoms with van der Waals surface area (Å²) in [6, 6.07) is 8.69. The van der Waals surface area contributed by atoms with Crippen LogP contribution in [-0.4, -0.2) is 5.11 Å². The molecule has 0 aromatic heterocycles. The number of para-hydroxylation sites is 1. The Morgan fingerprint density at radius 2 is 1.90 bits per heavy atom. The zero-order valence-corrected chi connectivity index (χ0v) is 12.7. The first-order valence-electron chi connectivity index (χ1n) is 6.17. The molecule has 0 spiro atoms.